The second-order valence-corrected chi connectivity index (χ2v) is 5.85. The predicted octanol–water partition coefficient (Wildman–Crippen LogP) is 2.35. The summed E-state index contributed by atoms with van der Waals surface area (Å²) in [6.07, 6.45) is 5.29. The summed E-state index contributed by atoms with van der Waals surface area (Å²) >= 11 is 0. The highest BCUT2D eigenvalue weighted by molar-refractivity contribution is 5.88. The van der Waals surface area contributed by atoms with Crippen LogP contribution in [-0.2, 0) is 0 Å². The van der Waals surface area contributed by atoms with Crippen LogP contribution in [0.15, 0.2) is 23.3 Å². The Morgan fingerprint density at radius 2 is 2.30 bits per heavy atom. The average Bonchev–Trinajstić information content (AvgIpc) is 2.83. The number of H-pyrrole nitrogens is 1. The summed E-state index contributed by atoms with van der Waals surface area (Å²) in [5, 5.41) is 3.94. The monoisotopic (exact) mass is 272 g/mol. The molecule has 1 aromatic carbocycles. The maximum atomic E-state index is 11.7. The summed E-state index contributed by atoms with van der Waals surface area (Å²) in [5.74, 6) is 1.54. The van der Waals surface area contributed by atoms with Crippen LogP contribution in [0.3, 0.4) is 0 Å². The molecule has 0 amide bonds. The third-order valence-corrected chi connectivity index (χ3v) is 4.20. The molecule has 3 rings (SSSR count). The number of benzene rings is 1. The van der Waals surface area contributed by atoms with E-state index in [2.05, 4.69) is 22.2 Å². The number of aromatic amines is 1. The lowest BCUT2D eigenvalue weighted by molar-refractivity contribution is 0.537. The second kappa shape index (κ2) is 5.15. The normalized spacial score (nSPS) is 22.2. The minimum absolute atomic E-state index is 0.155. The molecule has 5 nitrogen and oxygen atoms in total. The van der Waals surface area contributed by atoms with Gasteiger partial charge in [0.05, 0.1) is 28.6 Å². The van der Waals surface area contributed by atoms with Crippen LogP contribution in [0.5, 0.6) is 0 Å². The number of nitrogen functional groups attached to an aromatic ring is 1. The van der Waals surface area contributed by atoms with E-state index in [4.69, 9.17) is 5.73 Å². The van der Waals surface area contributed by atoms with E-state index in [0.717, 1.165) is 18.2 Å². The summed E-state index contributed by atoms with van der Waals surface area (Å²) in [7, 11) is 0. The molecule has 2 aromatic rings. The quantitative estimate of drug-likeness (QED) is 0.749. The van der Waals surface area contributed by atoms with Crippen molar-refractivity contribution in [1.82, 2.24) is 9.97 Å². The molecule has 20 heavy (non-hydrogen) atoms. The van der Waals surface area contributed by atoms with E-state index in [1.54, 1.807) is 6.07 Å². The minimum atomic E-state index is -0.155. The molecule has 0 bridgehead atoms. The van der Waals surface area contributed by atoms with E-state index in [1.165, 1.54) is 25.6 Å². The van der Waals surface area contributed by atoms with Gasteiger partial charge < -0.3 is 16.0 Å². The maximum Gasteiger partial charge on any atom is 0.258 e. The zero-order chi connectivity index (χ0) is 14.1. The van der Waals surface area contributed by atoms with Gasteiger partial charge in [-0.3, -0.25) is 4.79 Å². The van der Waals surface area contributed by atoms with Crippen molar-refractivity contribution in [1.29, 1.82) is 0 Å². The fourth-order valence-corrected chi connectivity index (χ4v) is 3.05. The molecule has 1 aromatic heterocycles. The summed E-state index contributed by atoms with van der Waals surface area (Å²) in [6.45, 7) is 3.24. The van der Waals surface area contributed by atoms with Gasteiger partial charge in [-0.1, -0.05) is 13.3 Å². The van der Waals surface area contributed by atoms with E-state index in [0.29, 0.717) is 22.5 Å². The van der Waals surface area contributed by atoms with Crippen molar-refractivity contribution < 1.29 is 0 Å². The maximum absolute atomic E-state index is 11.7. The van der Waals surface area contributed by atoms with Gasteiger partial charge in [0.2, 0.25) is 0 Å². The zero-order valence-electron chi connectivity index (χ0n) is 11.6. The number of hydrogen-bond acceptors (Lipinski definition) is 4. The smallest absolute Gasteiger partial charge is 0.258 e. The molecule has 1 aliphatic carbocycles. The molecule has 4 N–H and O–H groups in total. The molecular weight excluding hydrogens is 252 g/mol. The Labute approximate surface area is 117 Å². The number of rotatable bonds is 3. The van der Waals surface area contributed by atoms with Gasteiger partial charge in [-0.25, -0.2) is 4.98 Å². The first-order chi connectivity index (χ1) is 9.63. The Hall–Kier alpha value is -2.04. The SMILES string of the molecule is CC1CCC(CNc2cc3nc[nH]c(=O)c3cc2N)C1. The Morgan fingerprint density at radius 3 is 3.05 bits per heavy atom. The van der Waals surface area contributed by atoms with E-state index in [9.17, 15) is 4.79 Å². The summed E-state index contributed by atoms with van der Waals surface area (Å²) in [4.78, 5) is 18.4. The molecule has 0 saturated heterocycles. The van der Waals surface area contributed by atoms with Crippen LogP contribution in [0, 0.1) is 11.8 Å². The topological polar surface area (TPSA) is 83.8 Å². The van der Waals surface area contributed by atoms with Crippen LogP contribution in [0.1, 0.15) is 26.2 Å². The average molecular weight is 272 g/mol. The Balaban J connectivity index is 1.81. The molecule has 0 aliphatic heterocycles. The second-order valence-electron chi connectivity index (χ2n) is 5.85. The van der Waals surface area contributed by atoms with Gasteiger partial charge in [0.25, 0.3) is 5.56 Å². The predicted molar refractivity (Wildman–Crippen MR) is 81.8 cm³/mol. The molecule has 0 spiro atoms. The van der Waals surface area contributed by atoms with E-state index in [1.807, 2.05) is 6.07 Å². The van der Waals surface area contributed by atoms with Crippen molar-refractivity contribution >= 4 is 22.3 Å². The van der Waals surface area contributed by atoms with E-state index in [-0.39, 0.29) is 5.56 Å². The third-order valence-electron chi connectivity index (χ3n) is 4.20. The van der Waals surface area contributed by atoms with E-state index >= 15 is 0 Å². The molecule has 2 atom stereocenters. The number of nitrogens with zero attached hydrogens (tertiary/aromatic N) is 1. The highest BCUT2D eigenvalue weighted by Crippen LogP contribution is 2.31. The number of nitrogens with one attached hydrogen (secondary N) is 2. The van der Waals surface area contributed by atoms with Crippen LogP contribution in [0.4, 0.5) is 11.4 Å². The highest BCUT2D eigenvalue weighted by atomic mass is 16.1. The molecule has 1 heterocycles. The van der Waals surface area contributed by atoms with Gasteiger partial charge in [-0.15, -0.1) is 0 Å². The summed E-state index contributed by atoms with van der Waals surface area (Å²) in [5.41, 5.74) is 8.01. The van der Waals surface area contributed by atoms with Crippen molar-refractivity contribution in [2.45, 2.75) is 26.2 Å². The Morgan fingerprint density at radius 1 is 1.45 bits per heavy atom. The lowest BCUT2D eigenvalue weighted by atomic mass is 10.1. The highest BCUT2D eigenvalue weighted by Gasteiger charge is 2.21. The third kappa shape index (κ3) is 2.48. The number of anilines is 2. The molecule has 5 heteroatoms. The van der Waals surface area contributed by atoms with Gasteiger partial charge in [-0.05, 0) is 36.8 Å². The summed E-state index contributed by atoms with van der Waals surface area (Å²) in [6, 6.07) is 3.55. The molecule has 106 valence electrons. The first-order valence-electron chi connectivity index (χ1n) is 7.14. The van der Waals surface area contributed by atoms with Crippen molar-refractivity contribution in [3.05, 3.63) is 28.8 Å². The number of nitrogens with two attached hydrogens (primary N) is 1. The largest absolute Gasteiger partial charge is 0.397 e. The molecule has 1 saturated carbocycles. The van der Waals surface area contributed by atoms with Gasteiger partial charge in [-0.2, -0.15) is 0 Å². The van der Waals surface area contributed by atoms with Crippen molar-refractivity contribution in [3.63, 3.8) is 0 Å². The lowest BCUT2D eigenvalue weighted by Gasteiger charge is -2.14. The van der Waals surface area contributed by atoms with Gasteiger partial charge in [0, 0.05) is 6.54 Å². The lowest BCUT2D eigenvalue weighted by Crippen LogP contribution is -2.13. The van der Waals surface area contributed by atoms with Crippen molar-refractivity contribution in [2.24, 2.45) is 11.8 Å². The first-order valence-corrected chi connectivity index (χ1v) is 7.14. The number of fused-ring (bicyclic) bond motifs is 1. The van der Waals surface area contributed by atoms with Gasteiger partial charge in [0.1, 0.15) is 0 Å². The molecule has 2 unspecified atom stereocenters. The molecule has 1 fully saturated rings. The van der Waals surface area contributed by atoms with Crippen molar-refractivity contribution in [3.8, 4) is 0 Å². The zero-order valence-corrected chi connectivity index (χ0v) is 11.6. The number of hydrogen-bond donors (Lipinski definition) is 3. The van der Waals surface area contributed by atoms with Crippen LogP contribution < -0.4 is 16.6 Å². The van der Waals surface area contributed by atoms with Gasteiger partial charge >= 0.3 is 0 Å². The summed E-state index contributed by atoms with van der Waals surface area (Å²) < 4.78 is 0. The van der Waals surface area contributed by atoms with Crippen LogP contribution in [0.25, 0.3) is 10.9 Å². The fourth-order valence-electron chi connectivity index (χ4n) is 3.05. The molecular formula is C15H20N4O. The van der Waals surface area contributed by atoms with Crippen LogP contribution >= 0.6 is 0 Å². The minimum Gasteiger partial charge on any atom is -0.397 e. The van der Waals surface area contributed by atoms with Gasteiger partial charge in [0.15, 0.2) is 0 Å². The fraction of sp³-hybridized carbons (Fsp3) is 0.467. The Bertz CT molecular complexity index is 679. The number of aromatic nitrogens is 2. The van der Waals surface area contributed by atoms with E-state index < -0.39 is 0 Å². The molecule has 0 radical (unpaired) electrons. The Kier molecular flexibility index (Phi) is 3.34. The first kappa shape index (κ1) is 13.0. The molecule has 1 aliphatic rings. The van der Waals surface area contributed by atoms with Crippen molar-refractivity contribution in [2.75, 3.05) is 17.6 Å². The standard InChI is InChI=1S/C15H20N4O/c1-9-2-3-10(4-9)7-17-14-6-13-11(5-12(14)16)15(20)19-8-18-13/h5-6,8-10,17H,2-4,7,16H2,1H3,(H,18,19,20). The van der Waals surface area contributed by atoms with Crippen LogP contribution in [0.2, 0.25) is 0 Å². The van der Waals surface area contributed by atoms with Crippen LogP contribution in [-0.4, -0.2) is 16.5 Å².